The van der Waals surface area contributed by atoms with Gasteiger partial charge in [0.1, 0.15) is 6.17 Å². The predicted molar refractivity (Wildman–Crippen MR) is 94.6 cm³/mol. The van der Waals surface area contributed by atoms with E-state index in [1.54, 1.807) is 11.8 Å². The molecule has 0 fully saturated rings. The minimum atomic E-state index is -0.550. The summed E-state index contributed by atoms with van der Waals surface area (Å²) in [5, 5.41) is 3.28. The number of benzene rings is 1. The highest BCUT2D eigenvalue weighted by molar-refractivity contribution is 5.92. The van der Waals surface area contributed by atoms with Gasteiger partial charge in [-0.25, -0.2) is 9.59 Å². The van der Waals surface area contributed by atoms with Crippen molar-refractivity contribution in [2.45, 2.75) is 45.8 Å². The number of allylic oxidation sites excluding steroid dienone is 1. The van der Waals surface area contributed by atoms with E-state index in [-0.39, 0.29) is 12.8 Å². The lowest BCUT2D eigenvalue weighted by Gasteiger charge is -2.43. The van der Waals surface area contributed by atoms with E-state index in [4.69, 9.17) is 9.47 Å². The summed E-state index contributed by atoms with van der Waals surface area (Å²) in [5.74, 6) is -0.455. The summed E-state index contributed by atoms with van der Waals surface area (Å²) in [6, 6.07) is 8.94. The van der Waals surface area contributed by atoms with Crippen LogP contribution in [-0.4, -0.2) is 36.8 Å². The van der Waals surface area contributed by atoms with Crippen molar-refractivity contribution in [3.63, 3.8) is 0 Å². The lowest BCUT2D eigenvalue weighted by Crippen LogP contribution is -2.55. The number of hydrogen-bond acceptors (Lipinski definition) is 5. The van der Waals surface area contributed by atoms with E-state index in [2.05, 4.69) is 12.2 Å². The highest BCUT2D eigenvalue weighted by Crippen LogP contribution is 2.37. The molecule has 136 valence electrons. The van der Waals surface area contributed by atoms with E-state index in [0.29, 0.717) is 5.57 Å². The molecule has 1 amide bonds. The van der Waals surface area contributed by atoms with Gasteiger partial charge in [-0.2, -0.15) is 0 Å². The van der Waals surface area contributed by atoms with Gasteiger partial charge in [0, 0.05) is 5.70 Å². The molecule has 1 N–H and O–H groups in total. The predicted octanol–water partition coefficient (Wildman–Crippen LogP) is 3.36. The molecule has 0 saturated heterocycles. The molecular weight excluding hydrogens is 320 g/mol. The van der Waals surface area contributed by atoms with Crippen molar-refractivity contribution in [3.05, 3.63) is 47.2 Å². The molecule has 6 nitrogen and oxygen atoms in total. The maximum atomic E-state index is 12.7. The Hall–Kier alpha value is -2.50. The molecule has 1 heterocycles. The Morgan fingerprint density at radius 3 is 2.44 bits per heavy atom. The summed E-state index contributed by atoms with van der Waals surface area (Å²) in [4.78, 5) is 26.8. The van der Waals surface area contributed by atoms with E-state index in [1.807, 2.05) is 37.3 Å². The largest absolute Gasteiger partial charge is 0.466 e. The van der Waals surface area contributed by atoms with Crippen molar-refractivity contribution < 1.29 is 19.1 Å². The number of ether oxygens (including phenoxy) is 2. The van der Waals surface area contributed by atoms with Crippen LogP contribution in [0.1, 0.15) is 45.2 Å². The number of methoxy groups -OCH3 is 1. The molecule has 0 bridgehead atoms. The summed E-state index contributed by atoms with van der Waals surface area (Å²) in [7, 11) is 1.34. The van der Waals surface area contributed by atoms with Crippen molar-refractivity contribution in [3.8, 4) is 0 Å². The number of carbonyl (C=O) groups is 2. The maximum Gasteiger partial charge on any atom is 0.412 e. The summed E-state index contributed by atoms with van der Waals surface area (Å²) < 4.78 is 10.3. The van der Waals surface area contributed by atoms with Crippen LogP contribution in [0.3, 0.4) is 0 Å². The molecule has 2 rings (SSSR count). The van der Waals surface area contributed by atoms with Crippen LogP contribution in [-0.2, 0) is 14.3 Å². The molecule has 0 spiro atoms. The SMILES string of the molecule is CCCC1NC(C)=C(C(=O)OC)C(c2ccccc2)N1C(=O)OCC. The molecule has 0 aromatic heterocycles. The van der Waals surface area contributed by atoms with Crippen LogP contribution in [0.2, 0.25) is 0 Å². The highest BCUT2D eigenvalue weighted by atomic mass is 16.6. The second-order valence-corrected chi connectivity index (χ2v) is 5.90. The average Bonchev–Trinajstić information content (AvgIpc) is 2.61. The van der Waals surface area contributed by atoms with Gasteiger partial charge in [-0.1, -0.05) is 43.7 Å². The third kappa shape index (κ3) is 3.95. The van der Waals surface area contributed by atoms with Gasteiger partial charge in [-0.3, -0.25) is 4.90 Å². The average molecular weight is 346 g/mol. The Labute approximate surface area is 148 Å². The van der Waals surface area contributed by atoms with Gasteiger partial charge >= 0.3 is 12.1 Å². The monoisotopic (exact) mass is 346 g/mol. The lowest BCUT2D eigenvalue weighted by molar-refractivity contribution is -0.137. The summed E-state index contributed by atoms with van der Waals surface area (Å²) in [5.41, 5.74) is 1.99. The first kappa shape index (κ1) is 18.8. The van der Waals surface area contributed by atoms with E-state index in [9.17, 15) is 9.59 Å². The molecule has 0 saturated carbocycles. The van der Waals surface area contributed by atoms with E-state index < -0.39 is 18.1 Å². The number of nitrogens with one attached hydrogen (secondary N) is 1. The van der Waals surface area contributed by atoms with E-state index in [1.165, 1.54) is 7.11 Å². The molecule has 25 heavy (non-hydrogen) atoms. The standard InChI is InChI=1S/C19H26N2O4/c1-5-10-15-20-13(3)16(18(22)24-4)17(14-11-8-7-9-12-14)21(15)19(23)25-6-2/h7-9,11-12,15,17,20H,5-6,10H2,1-4H3. The third-order valence-corrected chi connectivity index (χ3v) is 4.24. The first-order valence-corrected chi connectivity index (χ1v) is 8.60. The van der Waals surface area contributed by atoms with Gasteiger partial charge in [-0.15, -0.1) is 0 Å². The number of esters is 1. The van der Waals surface area contributed by atoms with Crippen LogP contribution in [0.25, 0.3) is 0 Å². The van der Waals surface area contributed by atoms with Crippen LogP contribution in [0.15, 0.2) is 41.6 Å². The Morgan fingerprint density at radius 1 is 1.20 bits per heavy atom. The van der Waals surface area contributed by atoms with E-state index >= 15 is 0 Å². The second kappa shape index (κ2) is 8.55. The van der Waals surface area contributed by atoms with Gasteiger partial charge in [0.05, 0.1) is 25.3 Å². The fourth-order valence-corrected chi connectivity index (χ4v) is 3.17. The lowest BCUT2D eigenvalue weighted by atomic mass is 9.92. The van der Waals surface area contributed by atoms with Gasteiger partial charge in [0.15, 0.2) is 0 Å². The number of amides is 1. The zero-order valence-electron chi connectivity index (χ0n) is 15.2. The van der Waals surface area contributed by atoms with Gasteiger partial charge in [0.25, 0.3) is 0 Å². The minimum absolute atomic E-state index is 0.248. The quantitative estimate of drug-likeness (QED) is 0.828. The normalized spacial score (nSPS) is 20.1. The number of rotatable bonds is 5. The molecule has 1 aliphatic rings. The van der Waals surface area contributed by atoms with Crippen LogP contribution >= 0.6 is 0 Å². The Bertz CT molecular complexity index is 642. The Balaban J connectivity index is 2.60. The fourth-order valence-electron chi connectivity index (χ4n) is 3.17. The van der Waals surface area contributed by atoms with Crippen LogP contribution < -0.4 is 5.32 Å². The fraction of sp³-hybridized carbons (Fsp3) is 0.474. The molecule has 2 atom stereocenters. The first-order valence-electron chi connectivity index (χ1n) is 8.60. The Kier molecular flexibility index (Phi) is 6.44. The van der Waals surface area contributed by atoms with Gasteiger partial charge < -0.3 is 14.8 Å². The third-order valence-electron chi connectivity index (χ3n) is 4.24. The topological polar surface area (TPSA) is 67.9 Å². The zero-order chi connectivity index (χ0) is 18.4. The van der Waals surface area contributed by atoms with Crippen molar-refractivity contribution >= 4 is 12.1 Å². The summed E-state index contributed by atoms with van der Waals surface area (Å²) >= 11 is 0. The highest BCUT2D eigenvalue weighted by Gasteiger charge is 2.42. The minimum Gasteiger partial charge on any atom is -0.466 e. The molecule has 0 radical (unpaired) electrons. The van der Waals surface area contributed by atoms with Gasteiger partial charge in [-0.05, 0) is 25.8 Å². The van der Waals surface area contributed by atoms with Crippen LogP contribution in [0.5, 0.6) is 0 Å². The Morgan fingerprint density at radius 2 is 1.88 bits per heavy atom. The van der Waals surface area contributed by atoms with Gasteiger partial charge in [0.2, 0.25) is 0 Å². The second-order valence-electron chi connectivity index (χ2n) is 5.90. The number of carbonyl (C=O) groups excluding carboxylic acids is 2. The zero-order valence-corrected chi connectivity index (χ0v) is 15.2. The van der Waals surface area contributed by atoms with Crippen molar-refractivity contribution in [2.24, 2.45) is 0 Å². The molecule has 2 unspecified atom stereocenters. The molecule has 1 aromatic rings. The molecule has 1 aliphatic heterocycles. The smallest absolute Gasteiger partial charge is 0.412 e. The van der Waals surface area contributed by atoms with Crippen molar-refractivity contribution in [2.75, 3.05) is 13.7 Å². The van der Waals surface area contributed by atoms with Crippen LogP contribution in [0, 0.1) is 0 Å². The van der Waals surface area contributed by atoms with E-state index in [0.717, 1.165) is 24.1 Å². The molecule has 1 aromatic carbocycles. The van der Waals surface area contributed by atoms with Crippen molar-refractivity contribution in [1.29, 1.82) is 0 Å². The van der Waals surface area contributed by atoms with Crippen molar-refractivity contribution in [1.82, 2.24) is 10.2 Å². The first-order chi connectivity index (χ1) is 12.0. The maximum absolute atomic E-state index is 12.7. The molecule has 6 heteroatoms. The molecule has 0 aliphatic carbocycles. The number of hydrogen-bond donors (Lipinski definition) is 1. The summed E-state index contributed by atoms with van der Waals surface area (Å²) in [6.45, 7) is 5.93. The molecular formula is C19H26N2O4. The number of nitrogens with zero attached hydrogens (tertiary/aromatic N) is 1. The van der Waals surface area contributed by atoms with Crippen LogP contribution in [0.4, 0.5) is 4.79 Å². The summed E-state index contributed by atoms with van der Waals surface area (Å²) in [6.07, 6.45) is 0.933.